The predicted molar refractivity (Wildman–Crippen MR) is 83.1 cm³/mol. The van der Waals surface area contributed by atoms with Crippen LogP contribution < -0.4 is 5.73 Å². The van der Waals surface area contributed by atoms with Crippen molar-refractivity contribution in [2.24, 2.45) is 0 Å². The number of aromatic hydroxyl groups is 1. The lowest BCUT2D eigenvalue weighted by molar-refractivity contribution is -0.200. The Kier molecular flexibility index (Phi) is 4.27. The molecule has 3 atom stereocenters. The molecule has 3 heterocycles. The molecule has 2 aromatic heterocycles. The average Bonchev–Trinajstić information content (AvgIpc) is 3.06. The van der Waals surface area contributed by atoms with Gasteiger partial charge in [0.15, 0.2) is 29.5 Å². The van der Waals surface area contributed by atoms with Gasteiger partial charge in [-0.05, 0) is 6.08 Å². The van der Waals surface area contributed by atoms with Gasteiger partial charge >= 0.3 is 7.60 Å². The molecule has 2 aromatic rings. The summed E-state index contributed by atoms with van der Waals surface area (Å²) in [4.78, 5) is 29.4. The van der Waals surface area contributed by atoms with Crippen molar-refractivity contribution >= 4 is 24.7 Å². The fourth-order valence-corrected chi connectivity index (χ4v) is 2.93. The number of ether oxygens (including phenoxy) is 2. The molecule has 12 nitrogen and oxygen atoms in total. The van der Waals surface area contributed by atoms with E-state index in [0.29, 0.717) is 0 Å². The van der Waals surface area contributed by atoms with E-state index in [-0.39, 0.29) is 23.5 Å². The minimum absolute atomic E-state index is 0.0530. The van der Waals surface area contributed by atoms with Gasteiger partial charge in [-0.1, -0.05) is 6.58 Å². The number of aliphatic hydroxyl groups excluding tert-OH is 1. The van der Waals surface area contributed by atoms with Gasteiger partial charge in [0.2, 0.25) is 11.8 Å². The first kappa shape index (κ1) is 17.7. The van der Waals surface area contributed by atoms with Crippen LogP contribution in [0.1, 0.15) is 12.6 Å². The van der Waals surface area contributed by atoms with Gasteiger partial charge in [0.1, 0.15) is 6.10 Å². The molecule has 0 spiro atoms. The molecule has 13 heteroatoms. The van der Waals surface area contributed by atoms with Crippen LogP contribution in [0.3, 0.4) is 0 Å². The van der Waals surface area contributed by atoms with Crippen LogP contribution in [0.15, 0.2) is 19.0 Å². The maximum Gasteiger partial charge on any atom is 0.351 e. The second-order valence-electron chi connectivity index (χ2n) is 5.46. The standard InChI is InChI=1S/C12H16N5O7P/c1-2-12(23-5-25(20,21)22)3-6(18)10(24-12)17-4-14-7-8(17)15-11(13)16-9(7)19/h2,4,6,10,18H,1,3,5H2,(H2,20,21,22)(H3,13,15,16,19)/t6-,10-,12+/m1/s1. The van der Waals surface area contributed by atoms with Gasteiger partial charge in [-0.25, -0.2) is 4.98 Å². The van der Waals surface area contributed by atoms with Crippen LogP contribution in [0.25, 0.3) is 11.2 Å². The molecular formula is C12H16N5O7P. The molecule has 1 fully saturated rings. The van der Waals surface area contributed by atoms with Crippen molar-refractivity contribution in [3.05, 3.63) is 19.0 Å². The number of nitrogens with two attached hydrogens (primary N) is 1. The first-order valence-electron chi connectivity index (χ1n) is 7.01. The molecule has 0 amide bonds. The maximum atomic E-state index is 11.0. The average molecular weight is 373 g/mol. The smallest absolute Gasteiger partial charge is 0.351 e. The van der Waals surface area contributed by atoms with Crippen LogP contribution in [0.4, 0.5) is 5.95 Å². The lowest BCUT2D eigenvalue weighted by atomic mass is 10.1. The van der Waals surface area contributed by atoms with Gasteiger partial charge in [-0.15, -0.1) is 0 Å². The Hall–Kier alpha value is -2.08. The third-order valence-corrected chi connectivity index (χ3v) is 4.09. The van der Waals surface area contributed by atoms with Gasteiger partial charge in [0.05, 0.1) is 6.33 Å². The van der Waals surface area contributed by atoms with Gasteiger partial charge in [-0.3, -0.25) is 9.13 Å². The first-order chi connectivity index (χ1) is 11.6. The fourth-order valence-electron chi connectivity index (χ4n) is 2.55. The van der Waals surface area contributed by atoms with Crippen molar-refractivity contribution in [3.63, 3.8) is 0 Å². The van der Waals surface area contributed by atoms with Crippen molar-refractivity contribution in [2.45, 2.75) is 24.5 Å². The Morgan fingerprint density at radius 1 is 1.56 bits per heavy atom. The summed E-state index contributed by atoms with van der Waals surface area (Å²) in [6, 6.07) is 0. The molecular weight excluding hydrogens is 357 g/mol. The number of hydrogen-bond donors (Lipinski definition) is 5. The normalized spacial score (nSPS) is 27.0. The zero-order valence-corrected chi connectivity index (χ0v) is 13.7. The summed E-state index contributed by atoms with van der Waals surface area (Å²) in [7, 11) is -4.45. The molecule has 1 aliphatic heterocycles. The molecule has 1 aliphatic rings. The van der Waals surface area contributed by atoms with Crippen LogP contribution in [0, 0.1) is 0 Å². The van der Waals surface area contributed by atoms with E-state index in [4.69, 9.17) is 25.0 Å². The van der Waals surface area contributed by atoms with Gasteiger partial charge in [-0.2, -0.15) is 9.97 Å². The van der Waals surface area contributed by atoms with Crippen LogP contribution in [0.5, 0.6) is 5.88 Å². The first-order valence-corrected chi connectivity index (χ1v) is 8.81. The predicted octanol–water partition coefficient (Wildman–Crippen LogP) is -0.572. The van der Waals surface area contributed by atoms with Crippen molar-refractivity contribution < 1.29 is 34.0 Å². The number of imidazole rings is 1. The van der Waals surface area contributed by atoms with Crippen LogP contribution in [-0.4, -0.2) is 57.8 Å². The molecule has 3 rings (SSSR count). The highest BCUT2D eigenvalue weighted by molar-refractivity contribution is 7.51. The Labute approximate surface area is 140 Å². The fraction of sp³-hybridized carbons (Fsp3) is 0.417. The summed E-state index contributed by atoms with van der Waals surface area (Å²) in [5.41, 5.74) is 5.67. The van der Waals surface area contributed by atoms with E-state index in [1.54, 1.807) is 0 Å². The number of aliphatic hydroxyl groups is 1. The SMILES string of the molecule is C=C[C@@]1(OCP(=O)(O)O)C[C@@H](O)[C@H](n2cnc3c(O)nc(N)nc32)O1. The second-order valence-corrected chi connectivity index (χ2v) is 7.05. The lowest BCUT2D eigenvalue weighted by Gasteiger charge is -2.26. The number of rotatable bonds is 5. The third-order valence-electron chi connectivity index (χ3n) is 3.63. The zero-order valence-electron chi connectivity index (χ0n) is 12.8. The van der Waals surface area contributed by atoms with E-state index in [1.165, 1.54) is 17.0 Å². The molecule has 0 aromatic carbocycles. The number of nitrogens with zero attached hydrogens (tertiary/aromatic N) is 4. The Bertz CT molecular complexity index is 867. The molecule has 0 saturated carbocycles. The Morgan fingerprint density at radius 2 is 2.28 bits per heavy atom. The quantitative estimate of drug-likeness (QED) is 0.333. The van der Waals surface area contributed by atoms with Crippen molar-refractivity contribution in [3.8, 4) is 5.88 Å². The highest BCUT2D eigenvalue weighted by Crippen LogP contribution is 2.43. The van der Waals surface area contributed by atoms with E-state index in [9.17, 15) is 14.8 Å². The summed E-state index contributed by atoms with van der Waals surface area (Å²) < 4.78 is 23.1. The molecule has 0 unspecified atom stereocenters. The van der Waals surface area contributed by atoms with E-state index < -0.39 is 37.9 Å². The summed E-state index contributed by atoms with van der Waals surface area (Å²) in [6.07, 6.45) is -0.772. The number of nitrogen functional groups attached to an aromatic ring is 1. The number of anilines is 1. The third kappa shape index (κ3) is 3.35. The Morgan fingerprint density at radius 3 is 2.92 bits per heavy atom. The Balaban J connectivity index is 1.94. The molecule has 0 aliphatic carbocycles. The van der Waals surface area contributed by atoms with Crippen LogP contribution in [0.2, 0.25) is 0 Å². The number of fused-ring (bicyclic) bond motifs is 1. The van der Waals surface area contributed by atoms with E-state index in [1.807, 2.05) is 0 Å². The summed E-state index contributed by atoms with van der Waals surface area (Å²) >= 11 is 0. The monoisotopic (exact) mass is 373 g/mol. The zero-order chi connectivity index (χ0) is 18.4. The molecule has 1 saturated heterocycles. The van der Waals surface area contributed by atoms with Crippen molar-refractivity contribution in [1.82, 2.24) is 19.5 Å². The van der Waals surface area contributed by atoms with Crippen LogP contribution >= 0.6 is 7.60 Å². The van der Waals surface area contributed by atoms with Crippen LogP contribution in [-0.2, 0) is 14.0 Å². The second kappa shape index (κ2) is 6.02. The number of aromatic nitrogens is 4. The van der Waals surface area contributed by atoms with Gasteiger partial charge < -0.3 is 35.2 Å². The highest BCUT2D eigenvalue weighted by Gasteiger charge is 2.47. The number of hydrogen-bond acceptors (Lipinski definition) is 9. The maximum absolute atomic E-state index is 11.0. The molecule has 0 radical (unpaired) electrons. The highest BCUT2D eigenvalue weighted by atomic mass is 31.2. The van der Waals surface area contributed by atoms with E-state index in [0.717, 1.165) is 0 Å². The largest absolute Gasteiger partial charge is 0.492 e. The summed E-state index contributed by atoms with van der Waals surface area (Å²) in [5, 5.41) is 20.1. The summed E-state index contributed by atoms with van der Waals surface area (Å²) in [6.45, 7) is 3.53. The lowest BCUT2D eigenvalue weighted by Crippen LogP contribution is -2.30. The van der Waals surface area contributed by atoms with Crippen molar-refractivity contribution in [2.75, 3.05) is 12.1 Å². The minimum atomic E-state index is -4.45. The topological polar surface area (TPSA) is 186 Å². The molecule has 0 bridgehead atoms. The van der Waals surface area contributed by atoms with Gasteiger partial charge in [0, 0.05) is 6.42 Å². The minimum Gasteiger partial charge on any atom is -0.492 e. The van der Waals surface area contributed by atoms with Gasteiger partial charge in [0.25, 0.3) is 0 Å². The summed E-state index contributed by atoms with van der Waals surface area (Å²) in [5.74, 6) is -2.24. The molecule has 136 valence electrons. The molecule has 25 heavy (non-hydrogen) atoms. The van der Waals surface area contributed by atoms with Crippen molar-refractivity contribution in [1.29, 1.82) is 0 Å². The molecule has 6 N–H and O–H groups in total. The van der Waals surface area contributed by atoms with E-state index in [2.05, 4.69) is 21.5 Å². The van der Waals surface area contributed by atoms with E-state index >= 15 is 0 Å².